The van der Waals surface area contributed by atoms with Gasteiger partial charge in [0, 0.05) is 0 Å². The summed E-state index contributed by atoms with van der Waals surface area (Å²) in [4.78, 5) is 27.3. The second-order valence-electron chi connectivity index (χ2n) is 7.74. The standard InChI is InChI=1S/C25H19N3O2/c26-15-20-6-1-3-7-21(20)18-11-9-17(10-12-18)16-28-23(29)25(27-24(28)30)14-13-19-5-2-4-8-22(19)25/h1-12H,13-14,16H2,(H,27,30)/t25-/m1/s1. The largest absolute Gasteiger partial charge is 0.325 e. The Morgan fingerprint density at radius 1 is 0.967 bits per heavy atom. The molecule has 1 heterocycles. The van der Waals surface area contributed by atoms with Gasteiger partial charge in [0.15, 0.2) is 0 Å². The molecule has 3 aromatic carbocycles. The molecule has 1 fully saturated rings. The van der Waals surface area contributed by atoms with E-state index in [1.165, 1.54) is 4.90 Å². The number of aryl methyl sites for hydroxylation is 1. The van der Waals surface area contributed by atoms with Crippen molar-refractivity contribution in [1.82, 2.24) is 10.2 Å². The van der Waals surface area contributed by atoms with E-state index in [1.807, 2.05) is 66.7 Å². The van der Waals surface area contributed by atoms with Crippen LogP contribution in [0, 0.1) is 11.3 Å². The number of nitrogens with zero attached hydrogens (tertiary/aromatic N) is 2. The van der Waals surface area contributed by atoms with Crippen LogP contribution in [0.4, 0.5) is 4.79 Å². The van der Waals surface area contributed by atoms with Crippen molar-refractivity contribution in [2.45, 2.75) is 24.9 Å². The Balaban J connectivity index is 1.40. The molecule has 1 spiro atoms. The zero-order valence-corrected chi connectivity index (χ0v) is 16.3. The maximum atomic E-state index is 13.3. The van der Waals surface area contributed by atoms with E-state index < -0.39 is 5.54 Å². The summed E-state index contributed by atoms with van der Waals surface area (Å²) in [6.45, 7) is 0.217. The zero-order valence-electron chi connectivity index (χ0n) is 16.3. The minimum absolute atomic E-state index is 0.184. The van der Waals surface area contributed by atoms with Gasteiger partial charge in [0.2, 0.25) is 0 Å². The molecule has 3 aromatic rings. The fraction of sp³-hybridized carbons (Fsp3) is 0.160. The maximum absolute atomic E-state index is 13.3. The van der Waals surface area contributed by atoms with E-state index in [1.54, 1.807) is 6.07 Å². The molecule has 3 amide bonds. The van der Waals surface area contributed by atoms with Gasteiger partial charge >= 0.3 is 6.03 Å². The van der Waals surface area contributed by atoms with Gasteiger partial charge in [-0.1, -0.05) is 66.7 Å². The Bertz CT molecular complexity index is 1210. The predicted molar refractivity (Wildman–Crippen MR) is 112 cm³/mol. The van der Waals surface area contributed by atoms with E-state index in [9.17, 15) is 14.9 Å². The molecular formula is C25H19N3O2. The number of amides is 3. The number of carbonyl (C=O) groups is 2. The van der Waals surface area contributed by atoms with Gasteiger partial charge in [-0.3, -0.25) is 9.69 Å². The number of nitrogens with one attached hydrogen (secondary N) is 1. The molecule has 1 saturated heterocycles. The summed E-state index contributed by atoms with van der Waals surface area (Å²) >= 11 is 0. The Morgan fingerprint density at radius 3 is 2.50 bits per heavy atom. The number of nitriles is 1. The first kappa shape index (κ1) is 18.1. The average molecular weight is 393 g/mol. The van der Waals surface area contributed by atoms with E-state index >= 15 is 0 Å². The lowest BCUT2D eigenvalue weighted by atomic mass is 9.92. The molecule has 5 nitrogen and oxygen atoms in total. The third-order valence-electron chi connectivity index (χ3n) is 6.08. The van der Waals surface area contributed by atoms with Gasteiger partial charge in [0.1, 0.15) is 5.54 Å². The van der Waals surface area contributed by atoms with Crippen molar-refractivity contribution in [3.63, 3.8) is 0 Å². The lowest BCUT2D eigenvalue weighted by Gasteiger charge is -2.22. The van der Waals surface area contributed by atoms with Crippen LogP contribution >= 0.6 is 0 Å². The molecule has 0 radical (unpaired) electrons. The van der Waals surface area contributed by atoms with Crippen LogP contribution in [0.1, 0.15) is 28.7 Å². The quantitative estimate of drug-likeness (QED) is 0.681. The zero-order chi connectivity index (χ0) is 20.7. The van der Waals surface area contributed by atoms with Crippen LogP contribution in [0.3, 0.4) is 0 Å². The number of imide groups is 1. The van der Waals surface area contributed by atoms with Crippen molar-refractivity contribution in [3.8, 4) is 17.2 Å². The highest BCUT2D eigenvalue weighted by Gasteiger charge is 2.55. The Kier molecular flexibility index (Phi) is 4.14. The molecule has 5 heteroatoms. The molecule has 146 valence electrons. The first-order valence-corrected chi connectivity index (χ1v) is 9.93. The van der Waals surface area contributed by atoms with Crippen LogP contribution in [-0.4, -0.2) is 16.8 Å². The third kappa shape index (κ3) is 2.69. The summed E-state index contributed by atoms with van der Waals surface area (Å²) in [5.74, 6) is -0.184. The van der Waals surface area contributed by atoms with Crippen molar-refractivity contribution >= 4 is 11.9 Å². The number of hydrogen-bond donors (Lipinski definition) is 1. The van der Waals surface area contributed by atoms with Gasteiger partial charge < -0.3 is 5.32 Å². The minimum Gasteiger partial charge on any atom is -0.319 e. The molecule has 1 aliphatic carbocycles. The number of benzene rings is 3. The van der Waals surface area contributed by atoms with Crippen LogP contribution in [0.15, 0.2) is 72.8 Å². The topological polar surface area (TPSA) is 73.2 Å². The minimum atomic E-state index is -0.931. The van der Waals surface area contributed by atoms with Gasteiger partial charge in [-0.15, -0.1) is 0 Å². The molecule has 0 aromatic heterocycles. The van der Waals surface area contributed by atoms with Crippen molar-refractivity contribution < 1.29 is 9.59 Å². The number of rotatable bonds is 3. The normalized spacial score (nSPS) is 19.6. The summed E-state index contributed by atoms with van der Waals surface area (Å²) in [7, 11) is 0. The van der Waals surface area contributed by atoms with Crippen LogP contribution in [0.25, 0.3) is 11.1 Å². The summed E-state index contributed by atoms with van der Waals surface area (Å²) in [5.41, 5.74) is 4.36. The average Bonchev–Trinajstić information content (AvgIpc) is 3.27. The highest BCUT2D eigenvalue weighted by molar-refractivity contribution is 6.08. The molecule has 30 heavy (non-hydrogen) atoms. The van der Waals surface area contributed by atoms with Crippen molar-refractivity contribution in [1.29, 1.82) is 5.26 Å². The molecule has 1 N–H and O–H groups in total. The number of carbonyl (C=O) groups excluding carboxylic acids is 2. The molecular weight excluding hydrogens is 374 g/mol. The van der Waals surface area contributed by atoms with E-state index in [4.69, 9.17) is 0 Å². The van der Waals surface area contributed by atoms with Gasteiger partial charge in [0.25, 0.3) is 5.91 Å². The van der Waals surface area contributed by atoms with Crippen LogP contribution < -0.4 is 5.32 Å². The fourth-order valence-electron chi connectivity index (χ4n) is 4.54. The number of fused-ring (bicyclic) bond motifs is 2. The van der Waals surface area contributed by atoms with E-state index in [0.717, 1.165) is 34.2 Å². The number of urea groups is 1. The highest BCUT2D eigenvalue weighted by Crippen LogP contribution is 2.41. The molecule has 0 saturated carbocycles. The fourth-order valence-corrected chi connectivity index (χ4v) is 4.54. The van der Waals surface area contributed by atoms with E-state index in [0.29, 0.717) is 12.0 Å². The van der Waals surface area contributed by atoms with Gasteiger partial charge in [-0.25, -0.2) is 4.79 Å². The van der Waals surface area contributed by atoms with Crippen molar-refractivity contribution in [2.75, 3.05) is 0 Å². The second kappa shape index (κ2) is 6.85. The summed E-state index contributed by atoms with van der Waals surface area (Å²) < 4.78 is 0. The summed E-state index contributed by atoms with van der Waals surface area (Å²) in [5, 5.41) is 12.3. The van der Waals surface area contributed by atoms with E-state index in [-0.39, 0.29) is 18.5 Å². The van der Waals surface area contributed by atoms with Gasteiger partial charge in [-0.2, -0.15) is 5.26 Å². The lowest BCUT2D eigenvalue weighted by Crippen LogP contribution is -2.41. The highest BCUT2D eigenvalue weighted by atomic mass is 16.2. The Labute approximate surface area is 174 Å². The SMILES string of the molecule is N#Cc1ccccc1-c1ccc(CN2C(=O)N[C@@]3(CCc4ccccc43)C2=O)cc1. The summed E-state index contributed by atoms with van der Waals surface area (Å²) in [6.07, 6.45) is 1.38. The van der Waals surface area contributed by atoms with Crippen molar-refractivity contribution in [2.24, 2.45) is 0 Å². The molecule has 0 unspecified atom stereocenters. The van der Waals surface area contributed by atoms with Gasteiger partial charge in [0.05, 0.1) is 18.2 Å². The Hall–Kier alpha value is -3.91. The predicted octanol–water partition coefficient (Wildman–Crippen LogP) is 4.12. The smallest absolute Gasteiger partial charge is 0.319 e. The monoisotopic (exact) mass is 393 g/mol. The van der Waals surface area contributed by atoms with Crippen LogP contribution in [0.2, 0.25) is 0 Å². The van der Waals surface area contributed by atoms with Crippen LogP contribution in [0.5, 0.6) is 0 Å². The molecule has 5 rings (SSSR count). The third-order valence-corrected chi connectivity index (χ3v) is 6.08. The first-order chi connectivity index (χ1) is 14.6. The first-order valence-electron chi connectivity index (χ1n) is 9.93. The molecule has 1 atom stereocenters. The number of hydrogen-bond acceptors (Lipinski definition) is 3. The maximum Gasteiger partial charge on any atom is 0.325 e. The molecule has 2 aliphatic rings. The summed E-state index contributed by atoms with van der Waals surface area (Å²) in [6, 6.07) is 24.8. The molecule has 1 aliphatic heterocycles. The Morgan fingerprint density at radius 2 is 1.70 bits per heavy atom. The van der Waals surface area contributed by atoms with E-state index in [2.05, 4.69) is 11.4 Å². The second-order valence-corrected chi connectivity index (χ2v) is 7.74. The lowest BCUT2D eigenvalue weighted by molar-refractivity contribution is -0.132. The van der Waals surface area contributed by atoms with Gasteiger partial charge in [-0.05, 0) is 46.7 Å². The van der Waals surface area contributed by atoms with Crippen LogP contribution in [-0.2, 0) is 23.3 Å². The van der Waals surface area contributed by atoms with Crippen molar-refractivity contribution in [3.05, 3.63) is 95.1 Å². The molecule has 0 bridgehead atoms.